The predicted molar refractivity (Wildman–Crippen MR) is 79.1 cm³/mol. The zero-order chi connectivity index (χ0) is 13.5. The minimum Gasteiger partial charge on any atom is -0.383 e. The van der Waals surface area contributed by atoms with Gasteiger partial charge in [0.25, 0.3) is 0 Å². The molecule has 1 aromatic rings. The molecule has 1 N–H and O–H groups in total. The second kappa shape index (κ2) is 7.36. The average Bonchev–Trinajstić information content (AvgIpc) is 2.45. The van der Waals surface area contributed by atoms with Crippen molar-refractivity contribution in [3.63, 3.8) is 0 Å². The van der Waals surface area contributed by atoms with Crippen molar-refractivity contribution >= 4 is 11.4 Å². The SMILES string of the molecule is CC(C)OCCNc1ccc(N2CCOCC2)cc1. The summed E-state index contributed by atoms with van der Waals surface area (Å²) < 4.78 is 10.9. The normalized spacial score (nSPS) is 15.8. The van der Waals surface area contributed by atoms with E-state index in [1.165, 1.54) is 5.69 Å². The summed E-state index contributed by atoms with van der Waals surface area (Å²) >= 11 is 0. The van der Waals surface area contributed by atoms with Crippen LogP contribution in [0, 0.1) is 0 Å². The van der Waals surface area contributed by atoms with Gasteiger partial charge < -0.3 is 19.7 Å². The lowest BCUT2D eigenvalue weighted by molar-refractivity contribution is 0.0870. The Bertz CT molecular complexity index is 359. The standard InChI is InChI=1S/C15H24N2O2/c1-13(2)19-10-7-16-14-3-5-15(6-4-14)17-8-11-18-12-9-17/h3-6,13,16H,7-12H2,1-2H3. The molecule has 1 aliphatic heterocycles. The van der Waals surface area contributed by atoms with Gasteiger partial charge >= 0.3 is 0 Å². The molecule has 0 unspecified atom stereocenters. The first kappa shape index (κ1) is 14.2. The van der Waals surface area contributed by atoms with Crippen LogP contribution < -0.4 is 10.2 Å². The molecule has 4 heteroatoms. The molecule has 4 nitrogen and oxygen atoms in total. The summed E-state index contributed by atoms with van der Waals surface area (Å²) in [5, 5.41) is 3.36. The van der Waals surface area contributed by atoms with Crippen LogP contribution >= 0.6 is 0 Å². The van der Waals surface area contributed by atoms with Crippen molar-refractivity contribution in [2.75, 3.05) is 49.7 Å². The minimum atomic E-state index is 0.297. The molecule has 106 valence electrons. The predicted octanol–water partition coefficient (Wildman–Crippen LogP) is 2.36. The lowest BCUT2D eigenvalue weighted by Gasteiger charge is -2.28. The van der Waals surface area contributed by atoms with Gasteiger partial charge in [-0.05, 0) is 38.1 Å². The fraction of sp³-hybridized carbons (Fsp3) is 0.600. The second-order valence-corrected chi connectivity index (χ2v) is 4.99. The number of nitrogens with one attached hydrogen (secondary N) is 1. The van der Waals surface area contributed by atoms with Crippen molar-refractivity contribution < 1.29 is 9.47 Å². The summed E-state index contributed by atoms with van der Waals surface area (Å²) in [5.41, 5.74) is 2.41. The Balaban J connectivity index is 1.77. The Hall–Kier alpha value is -1.26. The first-order valence-electron chi connectivity index (χ1n) is 7.04. The molecule has 0 aromatic heterocycles. The van der Waals surface area contributed by atoms with E-state index in [9.17, 15) is 0 Å². The van der Waals surface area contributed by atoms with E-state index in [0.29, 0.717) is 6.10 Å². The minimum absolute atomic E-state index is 0.297. The Morgan fingerprint density at radius 3 is 2.53 bits per heavy atom. The third-order valence-electron chi connectivity index (χ3n) is 3.13. The molecular weight excluding hydrogens is 240 g/mol. The van der Waals surface area contributed by atoms with E-state index in [1.54, 1.807) is 0 Å². The highest BCUT2D eigenvalue weighted by Crippen LogP contribution is 2.18. The highest BCUT2D eigenvalue weighted by atomic mass is 16.5. The van der Waals surface area contributed by atoms with Gasteiger partial charge in [-0.3, -0.25) is 0 Å². The van der Waals surface area contributed by atoms with Crippen LogP contribution in [0.5, 0.6) is 0 Å². The zero-order valence-corrected chi connectivity index (χ0v) is 11.9. The van der Waals surface area contributed by atoms with Crippen molar-refractivity contribution in [2.45, 2.75) is 20.0 Å². The van der Waals surface area contributed by atoms with Gasteiger partial charge in [0.05, 0.1) is 25.9 Å². The van der Waals surface area contributed by atoms with E-state index in [0.717, 1.165) is 45.1 Å². The maximum absolute atomic E-state index is 5.50. The highest BCUT2D eigenvalue weighted by molar-refractivity contribution is 5.55. The van der Waals surface area contributed by atoms with Crippen molar-refractivity contribution in [1.82, 2.24) is 0 Å². The third-order valence-corrected chi connectivity index (χ3v) is 3.13. The van der Waals surface area contributed by atoms with Crippen LogP contribution in [0.1, 0.15) is 13.8 Å². The monoisotopic (exact) mass is 264 g/mol. The average molecular weight is 264 g/mol. The summed E-state index contributed by atoms with van der Waals surface area (Å²) in [6, 6.07) is 8.58. The molecule has 0 saturated carbocycles. The number of benzene rings is 1. The van der Waals surface area contributed by atoms with Crippen LogP contribution in [0.3, 0.4) is 0 Å². The molecule has 1 aliphatic rings. The molecule has 2 rings (SSSR count). The van der Waals surface area contributed by atoms with Crippen LogP contribution in [0.25, 0.3) is 0 Å². The number of anilines is 2. The molecule has 0 spiro atoms. The van der Waals surface area contributed by atoms with Crippen molar-refractivity contribution in [3.05, 3.63) is 24.3 Å². The Morgan fingerprint density at radius 2 is 1.89 bits per heavy atom. The molecule has 1 aromatic carbocycles. The summed E-state index contributed by atoms with van der Waals surface area (Å²) in [6.07, 6.45) is 0.297. The highest BCUT2D eigenvalue weighted by Gasteiger charge is 2.10. The van der Waals surface area contributed by atoms with Gasteiger partial charge in [0.1, 0.15) is 0 Å². The maximum Gasteiger partial charge on any atom is 0.0642 e. The van der Waals surface area contributed by atoms with Crippen molar-refractivity contribution in [1.29, 1.82) is 0 Å². The largest absolute Gasteiger partial charge is 0.383 e. The molecular formula is C15H24N2O2. The molecule has 0 radical (unpaired) electrons. The van der Waals surface area contributed by atoms with Gasteiger partial charge in [0.2, 0.25) is 0 Å². The van der Waals surface area contributed by atoms with Gasteiger partial charge in [0.15, 0.2) is 0 Å². The van der Waals surface area contributed by atoms with E-state index in [1.807, 2.05) is 0 Å². The number of ether oxygens (including phenoxy) is 2. The van der Waals surface area contributed by atoms with Gasteiger partial charge in [-0.2, -0.15) is 0 Å². The summed E-state index contributed by atoms with van der Waals surface area (Å²) in [6.45, 7) is 9.30. The number of rotatable bonds is 6. The van der Waals surface area contributed by atoms with E-state index in [-0.39, 0.29) is 0 Å². The molecule has 1 heterocycles. The Kier molecular flexibility index (Phi) is 5.48. The maximum atomic E-state index is 5.50. The zero-order valence-electron chi connectivity index (χ0n) is 11.9. The molecule has 0 aliphatic carbocycles. The van der Waals surface area contributed by atoms with E-state index in [4.69, 9.17) is 9.47 Å². The number of morpholine rings is 1. The van der Waals surface area contributed by atoms with Crippen LogP contribution in [0.4, 0.5) is 11.4 Å². The van der Waals surface area contributed by atoms with Crippen LogP contribution in [0.2, 0.25) is 0 Å². The molecule has 0 atom stereocenters. The van der Waals surface area contributed by atoms with Crippen molar-refractivity contribution in [3.8, 4) is 0 Å². The van der Waals surface area contributed by atoms with E-state index in [2.05, 4.69) is 48.3 Å². The number of nitrogens with zero attached hydrogens (tertiary/aromatic N) is 1. The van der Waals surface area contributed by atoms with Crippen LogP contribution in [0.15, 0.2) is 24.3 Å². The van der Waals surface area contributed by atoms with Crippen molar-refractivity contribution in [2.24, 2.45) is 0 Å². The van der Waals surface area contributed by atoms with E-state index >= 15 is 0 Å². The number of hydrogen-bond donors (Lipinski definition) is 1. The fourth-order valence-electron chi connectivity index (χ4n) is 2.10. The van der Waals surface area contributed by atoms with Gasteiger partial charge in [-0.15, -0.1) is 0 Å². The fourth-order valence-corrected chi connectivity index (χ4v) is 2.10. The topological polar surface area (TPSA) is 33.7 Å². The van der Waals surface area contributed by atoms with Crippen LogP contribution in [-0.2, 0) is 9.47 Å². The lowest BCUT2D eigenvalue weighted by Crippen LogP contribution is -2.36. The first-order valence-corrected chi connectivity index (χ1v) is 7.04. The Morgan fingerprint density at radius 1 is 1.21 bits per heavy atom. The second-order valence-electron chi connectivity index (χ2n) is 4.99. The summed E-state index contributed by atoms with van der Waals surface area (Å²) in [5.74, 6) is 0. The summed E-state index contributed by atoms with van der Waals surface area (Å²) in [4.78, 5) is 2.36. The van der Waals surface area contributed by atoms with E-state index < -0.39 is 0 Å². The number of hydrogen-bond acceptors (Lipinski definition) is 4. The molecule has 1 saturated heterocycles. The van der Waals surface area contributed by atoms with Gasteiger partial charge in [-0.25, -0.2) is 0 Å². The summed E-state index contributed by atoms with van der Waals surface area (Å²) in [7, 11) is 0. The molecule has 0 amide bonds. The molecule has 19 heavy (non-hydrogen) atoms. The third kappa shape index (κ3) is 4.73. The van der Waals surface area contributed by atoms with Gasteiger partial charge in [0, 0.05) is 31.0 Å². The lowest BCUT2D eigenvalue weighted by atomic mass is 10.2. The molecule has 0 bridgehead atoms. The van der Waals surface area contributed by atoms with Crippen LogP contribution in [-0.4, -0.2) is 45.6 Å². The van der Waals surface area contributed by atoms with Gasteiger partial charge in [-0.1, -0.05) is 0 Å². The molecule has 1 fully saturated rings. The quantitative estimate of drug-likeness (QED) is 0.800. The smallest absolute Gasteiger partial charge is 0.0642 e. The Labute approximate surface area is 115 Å². The first-order chi connectivity index (χ1) is 9.25.